The Balaban J connectivity index is 1.51. The minimum absolute atomic E-state index is 0.280. The maximum atomic E-state index is 11.9. The van der Waals surface area contributed by atoms with E-state index in [4.69, 9.17) is 11.6 Å². The van der Waals surface area contributed by atoms with Crippen LogP contribution in [0.2, 0.25) is 5.02 Å². The Bertz CT molecular complexity index is 820. The van der Waals surface area contributed by atoms with Crippen molar-refractivity contribution in [3.8, 4) is 0 Å². The lowest BCUT2D eigenvalue weighted by Crippen LogP contribution is -2.28. The first-order valence-corrected chi connectivity index (χ1v) is 8.66. The number of anilines is 1. The third-order valence-electron chi connectivity index (χ3n) is 3.31. The van der Waals surface area contributed by atoms with Gasteiger partial charge in [-0.25, -0.2) is 9.78 Å². The molecule has 1 heterocycles. The lowest BCUT2D eigenvalue weighted by molar-refractivity contribution is 0.251. The molecule has 0 bridgehead atoms. The van der Waals surface area contributed by atoms with E-state index in [1.165, 1.54) is 10.4 Å². The van der Waals surface area contributed by atoms with Crippen molar-refractivity contribution in [2.45, 2.75) is 13.0 Å². The van der Waals surface area contributed by atoms with Crippen molar-refractivity contribution < 1.29 is 4.79 Å². The molecule has 24 heavy (non-hydrogen) atoms. The maximum Gasteiger partial charge on any atom is 0.319 e. The second kappa shape index (κ2) is 7.95. The molecule has 0 spiro atoms. The molecule has 6 heteroatoms. The number of carbonyl (C=O) groups excluding carboxylic acids is 1. The molecule has 0 aliphatic carbocycles. The summed E-state index contributed by atoms with van der Waals surface area (Å²) >= 11 is 7.49. The number of nitrogens with zero attached hydrogens (tertiary/aromatic N) is 1. The van der Waals surface area contributed by atoms with Crippen LogP contribution in [0.1, 0.15) is 15.4 Å². The average molecular weight is 358 g/mol. The highest BCUT2D eigenvalue weighted by Gasteiger charge is 2.06. The van der Waals surface area contributed by atoms with Gasteiger partial charge in [0.15, 0.2) is 0 Å². The number of rotatable bonds is 5. The molecule has 0 saturated carbocycles. The summed E-state index contributed by atoms with van der Waals surface area (Å²) in [6, 6.07) is 17.0. The van der Waals surface area contributed by atoms with Crippen molar-refractivity contribution >= 4 is 34.7 Å². The predicted molar refractivity (Wildman–Crippen MR) is 98.7 cm³/mol. The van der Waals surface area contributed by atoms with E-state index in [1.54, 1.807) is 35.6 Å². The maximum absolute atomic E-state index is 11.9. The number of carbonyl (C=O) groups is 1. The van der Waals surface area contributed by atoms with E-state index < -0.39 is 0 Å². The van der Waals surface area contributed by atoms with E-state index in [9.17, 15) is 4.79 Å². The Morgan fingerprint density at radius 1 is 1.12 bits per heavy atom. The molecule has 0 atom stereocenters. The third-order valence-corrected chi connectivity index (χ3v) is 4.54. The van der Waals surface area contributed by atoms with E-state index in [-0.39, 0.29) is 6.03 Å². The highest BCUT2D eigenvalue weighted by Crippen LogP contribution is 2.17. The molecule has 0 unspecified atom stereocenters. The zero-order valence-electron chi connectivity index (χ0n) is 12.8. The number of hydrogen-bond donors (Lipinski definition) is 2. The van der Waals surface area contributed by atoms with Gasteiger partial charge >= 0.3 is 6.03 Å². The van der Waals surface area contributed by atoms with Crippen LogP contribution in [-0.4, -0.2) is 11.0 Å². The van der Waals surface area contributed by atoms with Gasteiger partial charge in [-0.05, 0) is 23.8 Å². The fourth-order valence-corrected chi connectivity index (χ4v) is 3.29. The van der Waals surface area contributed by atoms with Crippen molar-refractivity contribution in [1.82, 2.24) is 10.3 Å². The summed E-state index contributed by atoms with van der Waals surface area (Å²) in [6.45, 7) is 0.395. The molecule has 0 radical (unpaired) electrons. The van der Waals surface area contributed by atoms with Crippen LogP contribution in [0, 0.1) is 0 Å². The summed E-state index contributed by atoms with van der Waals surface area (Å²) in [6.07, 6.45) is 2.72. The van der Waals surface area contributed by atoms with Gasteiger partial charge in [-0.3, -0.25) is 0 Å². The summed E-state index contributed by atoms with van der Waals surface area (Å²) in [4.78, 5) is 17.4. The van der Waals surface area contributed by atoms with Gasteiger partial charge in [0.25, 0.3) is 0 Å². The molecule has 4 nitrogen and oxygen atoms in total. The van der Waals surface area contributed by atoms with Crippen LogP contribution < -0.4 is 10.6 Å². The van der Waals surface area contributed by atoms with Crippen LogP contribution in [-0.2, 0) is 13.0 Å². The number of urea groups is 1. The van der Waals surface area contributed by atoms with Crippen LogP contribution in [0.15, 0.2) is 60.8 Å². The van der Waals surface area contributed by atoms with Crippen LogP contribution in [0.5, 0.6) is 0 Å². The van der Waals surface area contributed by atoms with Gasteiger partial charge in [0.05, 0.1) is 6.54 Å². The number of nitrogens with one attached hydrogen (secondary N) is 2. The molecule has 0 aliphatic heterocycles. The molecule has 3 rings (SSSR count). The zero-order valence-corrected chi connectivity index (χ0v) is 14.4. The van der Waals surface area contributed by atoms with Crippen molar-refractivity contribution in [2.24, 2.45) is 0 Å². The number of benzene rings is 2. The molecule has 3 aromatic rings. The summed E-state index contributed by atoms with van der Waals surface area (Å²) in [5.41, 5.74) is 1.91. The molecule has 2 aromatic carbocycles. The number of amides is 2. The second-order valence-corrected chi connectivity index (χ2v) is 6.84. The Morgan fingerprint density at radius 2 is 1.96 bits per heavy atom. The number of halogens is 1. The minimum atomic E-state index is -0.280. The number of aromatic nitrogens is 1. The van der Waals surface area contributed by atoms with Crippen molar-refractivity contribution in [2.75, 3.05) is 5.32 Å². The lowest BCUT2D eigenvalue weighted by Gasteiger charge is -2.06. The summed E-state index contributed by atoms with van der Waals surface area (Å²) in [7, 11) is 0. The van der Waals surface area contributed by atoms with Gasteiger partial charge in [-0.15, -0.1) is 11.3 Å². The summed E-state index contributed by atoms with van der Waals surface area (Å²) in [5.74, 6) is 0. The van der Waals surface area contributed by atoms with Crippen LogP contribution in [0.4, 0.5) is 10.5 Å². The van der Waals surface area contributed by atoms with Gasteiger partial charge in [0.1, 0.15) is 5.01 Å². The fraction of sp³-hybridized carbons (Fsp3) is 0.111. The topological polar surface area (TPSA) is 54.0 Å². The standard InChI is InChI=1S/C18H16ClN3OS/c19-14-7-4-8-15(10-14)22-18(23)21-12-17-20-11-16(24-17)9-13-5-2-1-3-6-13/h1-8,10-11H,9,12H2,(H2,21,22,23). The molecule has 2 N–H and O–H groups in total. The van der Waals surface area contributed by atoms with Gasteiger partial charge in [0.2, 0.25) is 0 Å². The van der Waals surface area contributed by atoms with Crippen LogP contribution >= 0.6 is 22.9 Å². The third kappa shape index (κ3) is 4.81. The Hall–Kier alpha value is -2.37. The molecular formula is C18H16ClN3OS. The zero-order chi connectivity index (χ0) is 16.8. The highest BCUT2D eigenvalue weighted by molar-refractivity contribution is 7.11. The first-order chi connectivity index (χ1) is 11.7. The summed E-state index contributed by atoms with van der Waals surface area (Å²) < 4.78 is 0. The SMILES string of the molecule is O=C(NCc1ncc(Cc2ccccc2)s1)Nc1cccc(Cl)c1. The predicted octanol–water partition coefficient (Wildman–Crippen LogP) is 4.71. The largest absolute Gasteiger partial charge is 0.331 e. The van der Waals surface area contributed by atoms with Crippen molar-refractivity contribution in [3.05, 3.63) is 81.3 Å². The number of thiazole rings is 1. The van der Waals surface area contributed by atoms with Crippen LogP contribution in [0.25, 0.3) is 0 Å². The normalized spacial score (nSPS) is 10.4. The summed E-state index contributed by atoms with van der Waals surface area (Å²) in [5, 5.41) is 7.00. The van der Waals surface area contributed by atoms with Crippen LogP contribution in [0.3, 0.4) is 0 Å². The average Bonchev–Trinajstić information content (AvgIpc) is 3.01. The van der Waals surface area contributed by atoms with Crippen molar-refractivity contribution in [1.29, 1.82) is 0 Å². The van der Waals surface area contributed by atoms with E-state index >= 15 is 0 Å². The first-order valence-electron chi connectivity index (χ1n) is 7.47. The second-order valence-electron chi connectivity index (χ2n) is 5.20. The van der Waals surface area contributed by atoms with Gasteiger partial charge in [-0.2, -0.15) is 0 Å². The molecule has 1 aromatic heterocycles. The molecule has 0 fully saturated rings. The fourth-order valence-electron chi connectivity index (χ4n) is 2.21. The van der Waals surface area contributed by atoms with Gasteiger partial charge < -0.3 is 10.6 Å². The minimum Gasteiger partial charge on any atom is -0.331 e. The first kappa shape index (κ1) is 16.5. The quantitative estimate of drug-likeness (QED) is 0.694. The van der Waals surface area contributed by atoms with Gasteiger partial charge in [-0.1, -0.05) is 48.0 Å². The van der Waals surface area contributed by atoms with E-state index in [1.807, 2.05) is 24.4 Å². The highest BCUT2D eigenvalue weighted by atomic mass is 35.5. The molecule has 2 amide bonds. The molecular weight excluding hydrogens is 342 g/mol. The molecule has 122 valence electrons. The van der Waals surface area contributed by atoms with Crippen molar-refractivity contribution in [3.63, 3.8) is 0 Å². The Labute approximate surface area is 149 Å². The Kier molecular flexibility index (Phi) is 5.46. The smallest absolute Gasteiger partial charge is 0.319 e. The van der Waals surface area contributed by atoms with E-state index in [2.05, 4.69) is 27.8 Å². The van der Waals surface area contributed by atoms with E-state index in [0.717, 1.165) is 11.4 Å². The Morgan fingerprint density at radius 3 is 2.75 bits per heavy atom. The van der Waals surface area contributed by atoms with E-state index in [0.29, 0.717) is 17.3 Å². The van der Waals surface area contributed by atoms with Gasteiger partial charge in [0, 0.05) is 28.2 Å². The molecule has 0 saturated heterocycles. The lowest BCUT2D eigenvalue weighted by atomic mass is 10.1. The monoisotopic (exact) mass is 357 g/mol. The number of hydrogen-bond acceptors (Lipinski definition) is 3. The molecule has 0 aliphatic rings.